The Bertz CT molecular complexity index is 828. The summed E-state index contributed by atoms with van der Waals surface area (Å²) in [5.74, 6) is -0.0849. The fourth-order valence-corrected chi connectivity index (χ4v) is 3.78. The average Bonchev–Trinajstić information content (AvgIpc) is 2.57. The maximum Gasteiger partial charge on any atom is 0.261 e. The van der Waals surface area contributed by atoms with Gasteiger partial charge in [-0.3, -0.25) is 14.2 Å². The number of benzene rings is 1. The predicted molar refractivity (Wildman–Crippen MR) is 95.7 cm³/mol. The second-order valence-electron chi connectivity index (χ2n) is 6.26. The SMILES string of the molecule is CN(C(=O)Cn1cnc2c(Cl)cc(Cl)cc2c1=O)C1CCCCC1. The first-order valence-corrected chi connectivity index (χ1v) is 8.83. The highest BCUT2D eigenvalue weighted by molar-refractivity contribution is 6.38. The lowest BCUT2D eigenvalue weighted by atomic mass is 9.94. The molecule has 0 aliphatic heterocycles. The first-order valence-electron chi connectivity index (χ1n) is 8.07. The van der Waals surface area contributed by atoms with Crippen LogP contribution in [0, 0.1) is 0 Å². The Labute approximate surface area is 150 Å². The molecule has 2 aromatic rings. The third kappa shape index (κ3) is 3.42. The molecule has 1 saturated carbocycles. The summed E-state index contributed by atoms with van der Waals surface area (Å²) in [6.45, 7) is -0.0289. The summed E-state index contributed by atoms with van der Waals surface area (Å²) in [6, 6.07) is 3.34. The van der Waals surface area contributed by atoms with Crippen LogP contribution < -0.4 is 5.56 Å². The van der Waals surface area contributed by atoms with Crippen molar-refractivity contribution in [1.29, 1.82) is 0 Å². The van der Waals surface area contributed by atoms with Crippen molar-refractivity contribution in [3.05, 3.63) is 38.9 Å². The van der Waals surface area contributed by atoms with Crippen LogP contribution in [0.2, 0.25) is 10.0 Å². The Morgan fingerprint density at radius 1 is 1.29 bits per heavy atom. The monoisotopic (exact) mass is 367 g/mol. The van der Waals surface area contributed by atoms with Crippen molar-refractivity contribution in [2.45, 2.75) is 44.7 Å². The van der Waals surface area contributed by atoms with Gasteiger partial charge in [-0.2, -0.15) is 0 Å². The molecule has 1 heterocycles. The quantitative estimate of drug-likeness (QED) is 0.833. The molecule has 0 spiro atoms. The lowest BCUT2D eigenvalue weighted by molar-refractivity contribution is -0.133. The van der Waals surface area contributed by atoms with E-state index in [0.29, 0.717) is 20.9 Å². The summed E-state index contributed by atoms with van der Waals surface area (Å²) in [5, 5.41) is 1.02. The predicted octanol–water partition coefficient (Wildman–Crippen LogP) is 3.49. The Morgan fingerprint density at radius 2 is 2.00 bits per heavy atom. The van der Waals surface area contributed by atoms with Crippen molar-refractivity contribution in [3.63, 3.8) is 0 Å². The molecule has 7 heteroatoms. The molecule has 1 amide bonds. The molecule has 5 nitrogen and oxygen atoms in total. The number of hydrogen-bond donors (Lipinski definition) is 0. The van der Waals surface area contributed by atoms with Crippen molar-refractivity contribution >= 4 is 40.0 Å². The molecule has 0 saturated heterocycles. The van der Waals surface area contributed by atoms with Crippen LogP contribution in [0.15, 0.2) is 23.3 Å². The van der Waals surface area contributed by atoms with E-state index in [4.69, 9.17) is 23.2 Å². The number of hydrogen-bond acceptors (Lipinski definition) is 3. The van der Waals surface area contributed by atoms with Crippen molar-refractivity contribution in [1.82, 2.24) is 14.5 Å². The van der Waals surface area contributed by atoms with Gasteiger partial charge in [0.2, 0.25) is 5.91 Å². The van der Waals surface area contributed by atoms with Gasteiger partial charge in [0.1, 0.15) is 6.54 Å². The molecule has 128 valence electrons. The van der Waals surface area contributed by atoms with Gasteiger partial charge >= 0.3 is 0 Å². The van der Waals surface area contributed by atoms with Crippen molar-refractivity contribution in [2.75, 3.05) is 7.05 Å². The third-order valence-electron chi connectivity index (χ3n) is 4.67. The summed E-state index contributed by atoms with van der Waals surface area (Å²) >= 11 is 12.0. The number of amides is 1. The molecular formula is C17H19Cl2N3O2. The van der Waals surface area contributed by atoms with Crippen LogP contribution in [-0.2, 0) is 11.3 Å². The lowest BCUT2D eigenvalue weighted by Crippen LogP contribution is -2.41. The van der Waals surface area contributed by atoms with Gasteiger partial charge in [-0.05, 0) is 25.0 Å². The molecule has 1 aliphatic rings. The first-order chi connectivity index (χ1) is 11.5. The van der Waals surface area contributed by atoms with Gasteiger partial charge < -0.3 is 4.90 Å². The topological polar surface area (TPSA) is 55.2 Å². The maximum absolute atomic E-state index is 12.6. The third-order valence-corrected chi connectivity index (χ3v) is 5.17. The van der Waals surface area contributed by atoms with E-state index in [1.54, 1.807) is 11.0 Å². The zero-order valence-electron chi connectivity index (χ0n) is 13.5. The molecule has 0 bridgehead atoms. The van der Waals surface area contributed by atoms with Crippen molar-refractivity contribution < 1.29 is 4.79 Å². The van der Waals surface area contributed by atoms with E-state index in [1.807, 2.05) is 7.05 Å². The first kappa shape index (κ1) is 17.2. The van der Waals surface area contributed by atoms with E-state index < -0.39 is 0 Å². The Morgan fingerprint density at radius 3 is 2.71 bits per heavy atom. The van der Waals surface area contributed by atoms with E-state index in [2.05, 4.69) is 4.98 Å². The second kappa shape index (κ2) is 7.11. The number of likely N-dealkylation sites (N-methyl/N-ethyl adjacent to an activating group) is 1. The Kier molecular flexibility index (Phi) is 5.11. The van der Waals surface area contributed by atoms with E-state index >= 15 is 0 Å². The lowest BCUT2D eigenvalue weighted by Gasteiger charge is -2.31. The summed E-state index contributed by atoms with van der Waals surface area (Å²) in [7, 11) is 1.81. The van der Waals surface area contributed by atoms with Gasteiger partial charge in [0.15, 0.2) is 0 Å². The van der Waals surface area contributed by atoms with Crippen LogP contribution >= 0.6 is 23.2 Å². The zero-order chi connectivity index (χ0) is 17.3. The van der Waals surface area contributed by atoms with E-state index in [-0.39, 0.29) is 24.1 Å². The normalized spacial score (nSPS) is 15.6. The molecule has 0 N–H and O–H groups in total. The number of fused-ring (bicyclic) bond motifs is 1. The van der Waals surface area contributed by atoms with E-state index in [9.17, 15) is 9.59 Å². The van der Waals surface area contributed by atoms with Crippen LogP contribution in [0.3, 0.4) is 0 Å². The van der Waals surface area contributed by atoms with Gasteiger partial charge in [-0.15, -0.1) is 0 Å². The molecule has 1 aromatic carbocycles. The number of carbonyl (C=O) groups is 1. The summed E-state index contributed by atoms with van der Waals surface area (Å²) < 4.78 is 1.32. The van der Waals surface area contributed by atoms with Gasteiger partial charge in [-0.25, -0.2) is 4.98 Å². The van der Waals surface area contributed by atoms with Gasteiger partial charge in [0, 0.05) is 18.1 Å². The molecule has 1 aromatic heterocycles. The minimum Gasteiger partial charge on any atom is -0.341 e. The van der Waals surface area contributed by atoms with Gasteiger partial charge in [-0.1, -0.05) is 42.5 Å². The molecular weight excluding hydrogens is 349 g/mol. The van der Waals surface area contributed by atoms with Crippen LogP contribution in [0.25, 0.3) is 10.9 Å². The average molecular weight is 368 g/mol. The van der Waals surface area contributed by atoms with Gasteiger partial charge in [0.05, 0.1) is 22.3 Å². The molecule has 24 heavy (non-hydrogen) atoms. The Balaban J connectivity index is 1.86. The zero-order valence-corrected chi connectivity index (χ0v) is 15.0. The molecule has 1 aliphatic carbocycles. The number of nitrogens with zero attached hydrogens (tertiary/aromatic N) is 3. The van der Waals surface area contributed by atoms with Crippen LogP contribution in [-0.4, -0.2) is 33.4 Å². The van der Waals surface area contributed by atoms with Crippen LogP contribution in [0.5, 0.6) is 0 Å². The highest BCUT2D eigenvalue weighted by Crippen LogP contribution is 2.24. The minimum atomic E-state index is -0.310. The fraction of sp³-hybridized carbons (Fsp3) is 0.471. The highest BCUT2D eigenvalue weighted by atomic mass is 35.5. The molecule has 0 unspecified atom stereocenters. The highest BCUT2D eigenvalue weighted by Gasteiger charge is 2.22. The smallest absolute Gasteiger partial charge is 0.261 e. The number of aromatic nitrogens is 2. The number of halogens is 2. The fourth-order valence-electron chi connectivity index (χ4n) is 3.24. The summed E-state index contributed by atoms with van der Waals surface area (Å²) in [4.78, 5) is 31.1. The van der Waals surface area contributed by atoms with E-state index in [0.717, 1.165) is 25.7 Å². The standard InChI is InChI=1S/C17H19Cl2N3O2/c1-21(12-5-3-2-4-6-12)15(23)9-22-10-20-16-13(17(22)24)7-11(18)8-14(16)19/h7-8,10,12H,2-6,9H2,1H3. The maximum atomic E-state index is 12.6. The largest absolute Gasteiger partial charge is 0.341 e. The second-order valence-corrected chi connectivity index (χ2v) is 7.10. The molecule has 1 fully saturated rings. The van der Waals surface area contributed by atoms with Gasteiger partial charge in [0.25, 0.3) is 5.56 Å². The van der Waals surface area contributed by atoms with Crippen LogP contribution in [0.1, 0.15) is 32.1 Å². The van der Waals surface area contributed by atoms with Crippen molar-refractivity contribution in [2.24, 2.45) is 0 Å². The number of carbonyl (C=O) groups excluding carboxylic acids is 1. The van der Waals surface area contributed by atoms with Crippen LogP contribution in [0.4, 0.5) is 0 Å². The Hall–Kier alpha value is -1.59. The molecule has 0 atom stereocenters. The minimum absolute atomic E-state index is 0.0289. The van der Waals surface area contributed by atoms with E-state index in [1.165, 1.54) is 23.4 Å². The molecule has 0 radical (unpaired) electrons. The van der Waals surface area contributed by atoms with Crippen molar-refractivity contribution in [3.8, 4) is 0 Å². The summed E-state index contributed by atoms with van der Waals surface area (Å²) in [6.07, 6.45) is 6.95. The summed E-state index contributed by atoms with van der Waals surface area (Å²) in [5.41, 5.74) is 0.0881. The number of rotatable bonds is 3. The molecule has 3 rings (SSSR count).